The van der Waals surface area contributed by atoms with Crippen LogP contribution in [0.3, 0.4) is 0 Å². The molecule has 11 heteroatoms. The molecule has 3 aromatic rings. The molecule has 9 rings (SSSR count). The maximum atomic E-state index is 13.6. The summed E-state index contributed by atoms with van der Waals surface area (Å²) in [7, 11) is 0. The highest BCUT2D eigenvalue weighted by Crippen LogP contribution is 2.51. The van der Waals surface area contributed by atoms with Gasteiger partial charge in [0.2, 0.25) is 11.8 Å². The molecule has 10 nitrogen and oxygen atoms in total. The zero-order valence-corrected chi connectivity index (χ0v) is 33.9. The van der Waals surface area contributed by atoms with Gasteiger partial charge in [-0.15, -0.1) is 0 Å². The minimum atomic E-state index is -0.241. The molecule has 6 fully saturated rings. The predicted molar refractivity (Wildman–Crippen MR) is 224 cm³/mol. The summed E-state index contributed by atoms with van der Waals surface area (Å²) in [5, 5.41) is 12.3. The number of carbonyl (C=O) groups is 3. The number of hydrogen-bond donors (Lipinski definition) is 1. The molecule has 2 spiro atoms. The average molecular weight is 788 g/mol. The van der Waals surface area contributed by atoms with Crippen LogP contribution in [-0.2, 0) is 9.59 Å². The molecular formula is C46H54ClN7O3. The van der Waals surface area contributed by atoms with Gasteiger partial charge in [-0.2, -0.15) is 5.26 Å². The summed E-state index contributed by atoms with van der Waals surface area (Å²) in [6.07, 6.45) is 9.07. The third-order valence-corrected chi connectivity index (χ3v) is 15.0. The Morgan fingerprint density at radius 1 is 0.772 bits per heavy atom. The first kappa shape index (κ1) is 38.0. The number of piperidine rings is 3. The zero-order valence-electron chi connectivity index (χ0n) is 33.1. The van der Waals surface area contributed by atoms with Gasteiger partial charge in [0.05, 0.1) is 16.5 Å². The molecule has 0 aromatic heterocycles. The number of nitrogens with zero attached hydrogens (tertiary/aromatic N) is 6. The predicted octanol–water partition coefficient (Wildman–Crippen LogP) is 6.82. The Labute approximate surface area is 341 Å². The number of anilines is 3. The molecule has 3 aromatic carbocycles. The van der Waals surface area contributed by atoms with Crippen LogP contribution in [0.25, 0.3) is 0 Å². The van der Waals surface area contributed by atoms with Crippen LogP contribution >= 0.6 is 11.6 Å². The summed E-state index contributed by atoms with van der Waals surface area (Å²) >= 11 is 6.39. The van der Waals surface area contributed by atoms with Gasteiger partial charge in [0.15, 0.2) is 0 Å². The second-order valence-electron chi connectivity index (χ2n) is 18.0. The summed E-state index contributed by atoms with van der Waals surface area (Å²) in [5.74, 6) is -0.438. The number of imide groups is 1. The number of benzene rings is 3. The molecular weight excluding hydrogens is 734 g/mol. The fourth-order valence-corrected chi connectivity index (χ4v) is 11.3. The van der Waals surface area contributed by atoms with E-state index in [9.17, 15) is 19.6 Å². The fraction of sp³-hybridized carbons (Fsp3) is 0.522. The first-order valence-corrected chi connectivity index (χ1v) is 21.5. The maximum Gasteiger partial charge on any atom is 0.253 e. The number of halogens is 1. The van der Waals surface area contributed by atoms with Gasteiger partial charge in [0.1, 0.15) is 6.07 Å². The lowest BCUT2D eigenvalue weighted by Gasteiger charge is -2.56. The van der Waals surface area contributed by atoms with Crippen LogP contribution in [0.5, 0.6) is 0 Å². The molecule has 0 bridgehead atoms. The molecule has 298 valence electrons. The SMILES string of the molecule is C[C@H]1CC2(CCN(c3ccc(C(=O)N4CCC5(CC4)CC(N4CCN(c6ccc([C@@H]7CCC(=O)NC7=O)cc6)CC4)C5)cc3)CC2)CN1c1ccc(C#N)c(Cl)c1. The van der Waals surface area contributed by atoms with Gasteiger partial charge in [-0.25, -0.2) is 0 Å². The Kier molecular flexibility index (Phi) is 10.2. The summed E-state index contributed by atoms with van der Waals surface area (Å²) in [6, 6.07) is 25.8. The van der Waals surface area contributed by atoms with Crippen molar-refractivity contribution in [2.45, 2.75) is 82.7 Å². The number of hydrogen-bond acceptors (Lipinski definition) is 8. The first-order valence-electron chi connectivity index (χ1n) is 21.1. The second-order valence-corrected chi connectivity index (χ2v) is 18.4. The number of nitrogens with one attached hydrogen (secondary N) is 1. The normalized spacial score (nSPS) is 25.1. The van der Waals surface area contributed by atoms with Gasteiger partial charge in [-0.1, -0.05) is 23.7 Å². The summed E-state index contributed by atoms with van der Waals surface area (Å²) in [6.45, 7) is 11.1. The van der Waals surface area contributed by atoms with Crippen molar-refractivity contribution in [3.63, 3.8) is 0 Å². The quantitative estimate of drug-likeness (QED) is 0.272. The molecule has 0 unspecified atom stereocenters. The summed E-state index contributed by atoms with van der Waals surface area (Å²) in [4.78, 5) is 49.6. The largest absolute Gasteiger partial charge is 0.371 e. The highest BCUT2D eigenvalue weighted by Gasteiger charge is 2.49. The van der Waals surface area contributed by atoms with E-state index in [1.165, 1.54) is 24.2 Å². The van der Waals surface area contributed by atoms with E-state index in [-0.39, 0.29) is 29.1 Å². The van der Waals surface area contributed by atoms with Crippen molar-refractivity contribution in [1.29, 1.82) is 5.26 Å². The van der Waals surface area contributed by atoms with Crippen LogP contribution in [0.15, 0.2) is 66.7 Å². The van der Waals surface area contributed by atoms with E-state index in [0.29, 0.717) is 40.9 Å². The molecule has 5 saturated heterocycles. The summed E-state index contributed by atoms with van der Waals surface area (Å²) in [5.41, 5.74) is 6.45. The smallest absolute Gasteiger partial charge is 0.253 e. The van der Waals surface area contributed by atoms with Crippen LogP contribution in [0, 0.1) is 22.2 Å². The van der Waals surface area contributed by atoms with E-state index < -0.39 is 0 Å². The third kappa shape index (κ3) is 7.49. The number of likely N-dealkylation sites (tertiary alicyclic amines) is 1. The minimum Gasteiger partial charge on any atom is -0.371 e. The lowest BCUT2D eigenvalue weighted by Crippen LogP contribution is -2.59. The molecule has 5 heterocycles. The van der Waals surface area contributed by atoms with Crippen molar-refractivity contribution < 1.29 is 14.4 Å². The van der Waals surface area contributed by atoms with E-state index >= 15 is 0 Å². The van der Waals surface area contributed by atoms with Crippen molar-refractivity contribution in [3.8, 4) is 6.07 Å². The van der Waals surface area contributed by atoms with Crippen LogP contribution in [0.2, 0.25) is 5.02 Å². The Hall–Kier alpha value is -4.59. The van der Waals surface area contributed by atoms with Gasteiger partial charge in [0.25, 0.3) is 5.91 Å². The Morgan fingerprint density at radius 3 is 2.02 bits per heavy atom. The maximum absolute atomic E-state index is 13.6. The van der Waals surface area contributed by atoms with Crippen LogP contribution in [0.4, 0.5) is 17.1 Å². The lowest BCUT2D eigenvalue weighted by molar-refractivity contribution is -0.134. The minimum absolute atomic E-state index is 0.161. The van der Waals surface area contributed by atoms with E-state index in [4.69, 9.17) is 11.6 Å². The lowest BCUT2D eigenvalue weighted by atomic mass is 9.60. The van der Waals surface area contributed by atoms with E-state index in [1.807, 2.05) is 30.3 Å². The average Bonchev–Trinajstić information content (AvgIpc) is 3.55. The number of amides is 3. The van der Waals surface area contributed by atoms with E-state index in [1.54, 1.807) is 0 Å². The van der Waals surface area contributed by atoms with Crippen LogP contribution in [0.1, 0.15) is 92.1 Å². The number of piperazine rings is 1. The standard InChI is InChI=1S/C46H54ClN7O3/c1-32-27-46(31-54(32)38-11-6-35(30-48)41(47)26-38)16-18-50(19-17-46)36-9-4-34(5-10-36)44(57)53-20-14-45(15-21-53)28-39(29-45)52-24-22-51(23-25-52)37-7-2-33(3-8-37)40-12-13-42(55)49-43(40)56/h2-11,26,32,39-40H,12-25,27-29,31H2,1H3,(H,49,55,56)/t32-,40-/m0/s1. The molecule has 3 amide bonds. The number of rotatable bonds is 6. The summed E-state index contributed by atoms with van der Waals surface area (Å²) < 4.78 is 0. The highest BCUT2D eigenvalue weighted by molar-refractivity contribution is 6.32. The Balaban J connectivity index is 0.708. The van der Waals surface area contributed by atoms with E-state index in [0.717, 1.165) is 108 Å². The Bertz CT molecular complexity index is 2030. The number of nitriles is 1. The fourth-order valence-electron chi connectivity index (χ4n) is 11.1. The molecule has 0 radical (unpaired) electrons. The van der Waals surface area contributed by atoms with Crippen molar-refractivity contribution in [2.75, 3.05) is 73.6 Å². The van der Waals surface area contributed by atoms with Gasteiger partial charge >= 0.3 is 0 Å². The van der Waals surface area contributed by atoms with Gasteiger partial charge in [-0.3, -0.25) is 24.6 Å². The van der Waals surface area contributed by atoms with Crippen LogP contribution in [-0.4, -0.2) is 98.5 Å². The van der Waals surface area contributed by atoms with Crippen molar-refractivity contribution in [1.82, 2.24) is 15.1 Å². The molecule has 2 atom stereocenters. The van der Waals surface area contributed by atoms with Gasteiger partial charge in [-0.05, 0) is 129 Å². The molecule has 1 aliphatic carbocycles. The van der Waals surface area contributed by atoms with Crippen LogP contribution < -0.4 is 20.0 Å². The molecule has 1 saturated carbocycles. The topological polar surface area (TPSA) is 103 Å². The number of carbonyl (C=O) groups excluding carboxylic acids is 3. The molecule has 6 aliphatic rings. The zero-order chi connectivity index (χ0) is 39.3. The van der Waals surface area contributed by atoms with E-state index in [2.05, 4.69) is 79.2 Å². The second kappa shape index (κ2) is 15.3. The monoisotopic (exact) mass is 787 g/mol. The van der Waals surface area contributed by atoms with Crippen molar-refractivity contribution in [3.05, 3.63) is 88.4 Å². The highest BCUT2D eigenvalue weighted by atomic mass is 35.5. The van der Waals surface area contributed by atoms with Crippen molar-refractivity contribution >= 4 is 46.4 Å². The third-order valence-electron chi connectivity index (χ3n) is 14.7. The molecule has 5 aliphatic heterocycles. The molecule has 1 N–H and O–H groups in total. The van der Waals surface area contributed by atoms with Gasteiger partial charge in [0, 0.05) is 100 Å². The molecule has 57 heavy (non-hydrogen) atoms. The Morgan fingerprint density at radius 2 is 1.39 bits per heavy atom. The first-order chi connectivity index (χ1) is 27.6. The van der Waals surface area contributed by atoms with Crippen molar-refractivity contribution in [2.24, 2.45) is 10.8 Å². The van der Waals surface area contributed by atoms with Gasteiger partial charge < -0.3 is 19.6 Å².